The molecule has 0 atom stereocenters. The monoisotopic (exact) mass is 418 g/mol. The highest BCUT2D eigenvalue weighted by Gasteiger charge is 2.21. The number of H-pyrrole nitrogens is 1. The Hall–Kier alpha value is -3.22. The van der Waals surface area contributed by atoms with E-state index in [-0.39, 0.29) is 6.04 Å². The summed E-state index contributed by atoms with van der Waals surface area (Å²) < 4.78 is 0. The minimum atomic E-state index is 0.232. The van der Waals surface area contributed by atoms with E-state index in [1.54, 1.807) is 11.3 Å². The van der Waals surface area contributed by atoms with E-state index in [1.807, 2.05) is 24.4 Å². The van der Waals surface area contributed by atoms with Crippen molar-refractivity contribution in [2.75, 3.05) is 36.4 Å². The van der Waals surface area contributed by atoms with Crippen molar-refractivity contribution in [3.8, 4) is 16.6 Å². The third-order valence-corrected chi connectivity index (χ3v) is 6.22. The van der Waals surface area contributed by atoms with Crippen LogP contribution in [0.15, 0.2) is 24.4 Å². The molecule has 5 rings (SSSR count). The van der Waals surface area contributed by atoms with Crippen LogP contribution in [0.1, 0.15) is 19.4 Å². The molecule has 1 aliphatic heterocycles. The fraction of sp³-hybridized carbons (Fsp3) is 0.333. The van der Waals surface area contributed by atoms with Crippen molar-refractivity contribution in [2.24, 2.45) is 0 Å². The Labute approximate surface area is 177 Å². The molecule has 4 heterocycles. The lowest BCUT2D eigenvalue weighted by Gasteiger charge is -2.26. The topological polar surface area (TPSA) is 106 Å². The molecule has 0 radical (unpaired) electrons. The van der Waals surface area contributed by atoms with Gasteiger partial charge in [-0.05, 0) is 32.0 Å². The van der Waals surface area contributed by atoms with Gasteiger partial charge in [0.1, 0.15) is 0 Å². The molecule has 4 aromatic rings. The Morgan fingerprint density at radius 1 is 1.23 bits per heavy atom. The first-order chi connectivity index (χ1) is 14.6. The molecule has 3 N–H and O–H groups in total. The maximum atomic E-state index is 9.23. The first-order valence-corrected chi connectivity index (χ1v) is 10.9. The molecule has 0 aliphatic carbocycles. The molecule has 152 valence electrons. The van der Waals surface area contributed by atoms with Crippen LogP contribution in [-0.4, -0.2) is 52.4 Å². The zero-order valence-corrected chi connectivity index (χ0v) is 17.7. The van der Waals surface area contributed by atoms with Crippen LogP contribution in [-0.2, 0) is 0 Å². The fourth-order valence-electron chi connectivity index (χ4n) is 3.80. The lowest BCUT2D eigenvalue weighted by atomic mass is 10.1. The number of hydrogen-bond acceptors (Lipinski definition) is 8. The Morgan fingerprint density at radius 2 is 2.07 bits per heavy atom. The molecule has 1 aliphatic rings. The number of pyridine rings is 1. The number of rotatable bonds is 4. The molecule has 0 unspecified atom stereocenters. The van der Waals surface area contributed by atoms with Crippen molar-refractivity contribution in [2.45, 2.75) is 19.9 Å². The maximum absolute atomic E-state index is 9.23. The Morgan fingerprint density at radius 3 is 2.83 bits per heavy atom. The van der Waals surface area contributed by atoms with Crippen LogP contribution in [0.3, 0.4) is 0 Å². The van der Waals surface area contributed by atoms with Crippen molar-refractivity contribution in [3.05, 3.63) is 30.0 Å². The summed E-state index contributed by atoms with van der Waals surface area (Å²) in [7, 11) is 0. The summed E-state index contributed by atoms with van der Waals surface area (Å²) in [6.07, 6.45) is 1.88. The number of nitriles is 1. The maximum Gasteiger partial charge on any atom is 0.208 e. The molecule has 0 saturated carbocycles. The summed E-state index contributed by atoms with van der Waals surface area (Å²) in [5.41, 5.74) is 5.23. The van der Waals surface area contributed by atoms with Crippen LogP contribution < -0.4 is 15.5 Å². The molecular formula is C21H22N8S. The second-order valence-corrected chi connectivity index (χ2v) is 8.65. The number of benzene rings is 1. The number of hydrogen-bond donors (Lipinski definition) is 3. The van der Waals surface area contributed by atoms with E-state index in [9.17, 15) is 5.26 Å². The van der Waals surface area contributed by atoms with Crippen LogP contribution in [0, 0.1) is 11.3 Å². The van der Waals surface area contributed by atoms with Crippen molar-refractivity contribution < 1.29 is 0 Å². The zero-order chi connectivity index (χ0) is 20.7. The Bertz CT molecular complexity index is 1260. The predicted molar refractivity (Wildman–Crippen MR) is 121 cm³/mol. The molecule has 8 nitrogen and oxygen atoms in total. The lowest BCUT2D eigenvalue weighted by molar-refractivity contribution is 0.587. The zero-order valence-electron chi connectivity index (χ0n) is 16.9. The minimum absolute atomic E-state index is 0.232. The molecule has 0 spiro atoms. The largest absolute Gasteiger partial charge is 0.381 e. The van der Waals surface area contributed by atoms with Crippen LogP contribution in [0.4, 0.5) is 10.8 Å². The molecule has 0 amide bonds. The highest BCUT2D eigenvalue weighted by Crippen LogP contribution is 2.39. The molecule has 1 saturated heterocycles. The first kappa shape index (κ1) is 18.8. The number of nitrogens with one attached hydrogen (secondary N) is 3. The van der Waals surface area contributed by atoms with Crippen LogP contribution >= 0.6 is 11.3 Å². The highest BCUT2D eigenvalue weighted by molar-refractivity contribution is 7.18. The summed E-state index contributed by atoms with van der Waals surface area (Å²) in [5.74, 6) is 0. The quantitative estimate of drug-likeness (QED) is 0.467. The minimum Gasteiger partial charge on any atom is -0.381 e. The van der Waals surface area contributed by atoms with Gasteiger partial charge < -0.3 is 20.5 Å². The van der Waals surface area contributed by atoms with Crippen LogP contribution in [0.25, 0.3) is 32.5 Å². The van der Waals surface area contributed by atoms with Gasteiger partial charge >= 0.3 is 0 Å². The standard InChI is InChI=1S/C21H22N8S/c1-12(2)25-18-15(20-27-28-21(30-20)29-7-5-23-6-8-29)11-24-17-14-4-3-13(10-22)9-16(14)26-19(17)18/h3-4,9,11-12,23,26H,5-8H2,1-2H3,(H,24,25). The number of anilines is 2. The van der Waals surface area contributed by atoms with Gasteiger partial charge in [0.2, 0.25) is 5.13 Å². The van der Waals surface area contributed by atoms with E-state index in [1.165, 1.54) is 0 Å². The van der Waals surface area contributed by atoms with Crippen molar-refractivity contribution in [3.63, 3.8) is 0 Å². The van der Waals surface area contributed by atoms with Gasteiger partial charge in [-0.25, -0.2) is 0 Å². The van der Waals surface area contributed by atoms with Crippen LogP contribution in [0.5, 0.6) is 0 Å². The van der Waals surface area contributed by atoms with Crippen molar-refractivity contribution in [1.29, 1.82) is 5.26 Å². The molecule has 3 aromatic heterocycles. The Kier molecular flexibility index (Phi) is 4.73. The number of piperazine rings is 1. The summed E-state index contributed by atoms with van der Waals surface area (Å²) in [4.78, 5) is 10.5. The third kappa shape index (κ3) is 3.24. The highest BCUT2D eigenvalue weighted by atomic mass is 32.1. The predicted octanol–water partition coefficient (Wildman–Crippen LogP) is 3.34. The second kappa shape index (κ2) is 7.55. The molecule has 9 heteroatoms. The average molecular weight is 419 g/mol. The Balaban J connectivity index is 1.65. The van der Waals surface area contributed by atoms with E-state index >= 15 is 0 Å². The molecule has 0 bridgehead atoms. The summed E-state index contributed by atoms with van der Waals surface area (Å²) in [6, 6.07) is 8.07. The smallest absolute Gasteiger partial charge is 0.208 e. The number of aromatic amines is 1. The molecule has 1 fully saturated rings. The van der Waals surface area contributed by atoms with Gasteiger partial charge in [0.05, 0.1) is 33.9 Å². The number of nitrogens with zero attached hydrogens (tertiary/aromatic N) is 5. The molecule has 1 aromatic carbocycles. The van der Waals surface area contributed by atoms with E-state index in [0.717, 1.165) is 69.5 Å². The number of aromatic nitrogens is 4. The molecular weight excluding hydrogens is 396 g/mol. The van der Waals surface area contributed by atoms with Gasteiger partial charge in [-0.3, -0.25) is 4.98 Å². The fourth-order valence-corrected chi connectivity index (χ4v) is 4.72. The van der Waals surface area contributed by atoms with Crippen molar-refractivity contribution >= 4 is 44.1 Å². The van der Waals surface area contributed by atoms with Gasteiger partial charge in [0.25, 0.3) is 0 Å². The van der Waals surface area contributed by atoms with Gasteiger partial charge in [-0.15, -0.1) is 10.2 Å². The number of fused-ring (bicyclic) bond motifs is 3. The lowest BCUT2D eigenvalue weighted by Crippen LogP contribution is -2.43. The average Bonchev–Trinajstić information content (AvgIpc) is 3.39. The SMILES string of the molecule is CC(C)Nc1c(-c2nnc(N3CCNCC3)s2)cnc2c1[nH]c1cc(C#N)ccc12. The van der Waals surface area contributed by atoms with E-state index < -0.39 is 0 Å². The van der Waals surface area contributed by atoms with Gasteiger partial charge in [0.15, 0.2) is 5.01 Å². The normalized spacial score (nSPS) is 14.5. The summed E-state index contributed by atoms with van der Waals surface area (Å²) in [5, 5.41) is 27.9. The second-order valence-electron chi connectivity index (χ2n) is 7.69. The van der Waals surface area contributed by atoms with Crippen LogP contribution in [0.2, 0.25) is 0 Å². The van der Waals surface area contributed by atoms with E-state index in [0.29, 0.717) is 5.56 Å². The molecule has 30 heavy (non-hydrogen) atoms. The van der Waals surface area contributed by atoms with E-state index in [4.69, 9.17) is 4.98 Å². The van der Waals surface area contributed by atoms with Gasteiger partial charge in [-0.2, -0.15) is 5.26 Å². The van der Waals surface area contributed by atoms with Crippen molar-refractivity contribution in [1.82, 2.24) is 25.5 Å². The summed E-state index contributed by atoms with van der Waals surface area (Å²) in [6.45, 7) is 8.01. The van der Waals surface area contributed by atoms with Gasteiger partial charge in [-0.1, -0.05) is 11.3 Å². The van der Waals surface area contributed by atoms with E-state index in [2.05, 4.69) is 50.6 Å². The summed E-state index contributed by atoms with van der Waals surface area (Å²) >= 11 is 1.59. The third-order valence-electron chi connectivity index (χ3n) is 5.21. The van der Waals surface area contributed by atoms with Gasteiger partial charge in [0, 0.05) is 49.3 Å². The first-order valence-electron chi connectivity index (χ1n) is 10.0.